The summed E-state index contributed by atoms with van der Waals surface area (Å²) in [6.45, 7) is 4.25. The third kappa shape index (κ3) is 4.29. The van der Waals surface area contributed by atoms with Gasteiger partial charge >= 0.3 is 0 Å². The third-order valence-electron chi connectivity index (χ3n) is 4.38. The Morgan fingerprint density at radius 3 is 2.50 bits per heavy atom. The number of amides is 1. The maximum atomic E-state index is 12.3. The van der Waals surface area contributed by atoms with E-state index in [1.165, 1.54) is 28.7 Å². The van der Waals surface area contributed by atoms with Gasteiger partial charge in [-0.3, -0.25) is 19.1 Å². The van der Waals surface area contributed by atoms with Crippen molar-refractivity contribution in [2.75, 3.05) is 32.7 Å². The second-order valence-electron chi connectivity index (χ2n) is 6.00. The Morgan fingerprint density at radius 2 is 1.79 bits per heavy atom. The second-order valence-corrected chi connectivity index (χ2v) is 6.00. The summed E-state index contributed by atoms with van der Waals surface area (Å²) in [6, 6.07) is 11.8. The zero-order valence-electron chi connectivity index (χ0n) is 13.7. The highest BCUT2D eigenvalue weighted by Gasteiger charge is 2.21. The number of carbonyl (C=O) groups excluding carboxylic acids is 1. The van der Waals surface area contributed by atoms with Crippen LogP contribution in [0, 0.1) is 0 Å². The molecule has 0 bridgehead atoms. The smallest absolute Gasteiger partial charge is 0.253 e. The van der Waals surface area contributed by atoms with E-state index in [4.69, 9.17) is 0 Å². The number of hydrogen-bond donors (Lipinski definition) is 0. The number of benzene rings is 1. The van der Waals surface area contributed by atoms with Crippen LogP contribution in [0.2, 0.25) is 0 Å². The Hall–Kier alpha value is -2.47. The van der Waals surface area contributed by atoms with Gasteiger partial charge in [0.25, 0.3) is 5.56 Å². The van der Waals surface area contributed by atoms with E-state index in [-0.39, 0.29) is 18.0 Å². The predicted octanol–water partition coefficient (Wildman–Crippen LogP) is 0.630. The molecule has 0 unspecified atom stereocenters. The molecular weight excluding hydrogens is 304 g/mol. The van der Waals surface area contributed by atoms with Crippen molar-refractivity contribution in [3.63, 3.8) is 0 Å². The van der Waals surface area contributed by atoms with Crippen LogP contribution in [0.5, 0.6) is 0 Å². The highest BCUT2D eigenvalue weighted by atomic mass is 16.2. The lowest BCUT2D eigenvalue weighted by Gasteiger charge is -2.34. The zero-order valence-corrected chi connectivity index (χ0v) is 13.7. The minimum absolute atomic E-state index is 0.0205. The van der Waals surface area contributed by atoms with Gasteiger partial charge in [0.2, 0.25) is 5.91 Å². The van der Waals surface area contributed by atoms with Crippen molar-refractivity contribution in [3.8, 4) is 0 Å². The molecule has 1 aliphatic rings. The first-order valence-electron chi connectivity index (χ1n) is 8.27. The van der Waals surface area contributed by atoms with Gasteiger partial charge in [0.15, 0.2) is 0 Å². The fourth-order valence-corrected chi connectivity index (χ4v) is 2.90. The van der Waals surface area contributed by atoms with Gasteiger partial charge in [-0.2, -0.15) is 0 Å². The lowest BCUT2D eigenvalue weighted by Crippen LogP contribution is -2.50. The minimum Gasteiger partial charge on any atom is -0.339 e. The zero-order chi connectivity index (χ0) is 16.8. The van der Waals surface area contributed by atoms with Crippen LogP contribution >= 0.6 is 0 Å². The molecule has 0 saturated carbocycles. The van der Waals surface area contributed by atoms with Crippen LogP contribution in [0.4, 0.5) is 0 Å². The Kier molecular flexibility index (Phi) is 5.38. The van der Waals surface area contributed by atoms with Crippen molar-refractivity contribution < 1.29 is 4.79 Å². The van der Waals surface area contributed by atoms with E-state index in [1.807, 2.05) is 11.0 Å². The normalized spacial score (nSPS) is 15.4. The highest BCUT2D eigenvalue weighted by Crippen LogP contribution is 2.06. The number of rotatable bonds is 5. The quantitative estimate of drug-likeness (QED) is 0.809. The Morgan fingerprint density at radius 1 is 1.04 bits per heavy atom. The molecule has 1 aliphatic heterocycles. The van der Waals surface area contributed by atoms with Gasteiger partial charge in [-0.25, -0.2) is 4.98 Å². The molecule has 24 heavy (non-hydrogen) atoms. The van der Waals surface area contributed by atoms with Gasteiger partial charge < -0.3 is 4.90 Å². The number of aromatic nitrogens is 2. The third-order valence-corrected chi connectivity index (χ3v) is 4.38. The van der Waals surface area contributed by atoms with Crippen LogP contribution in [0.15, 0.2) is 53.7 Å². The molecular formula is C18H22N4O2. The lowest BCUT2D eigenvalue weighted by atomic mass is 10.1. The molecule has 2 aromatic rings. The topological polar surface area (TPSA) is 58.4 Å². The van der Waals surface area contributed by atoms with Crippen molar-refractivity contribution in [1.82, 2.24) is 19.4 Å². The molecule has 6 nitrogen and oxygen atoms in total. The average Bonchev–Trinajstić information content (AvgIpc) is 2.63. The monoisotopic (exact) mass is 326 g/mol. The van der Waals surface area contributed by atoms with Gasteiger partial charge in [-0.1, -0.05) is 30.3 Å². The van der Waals surface area contributed by atoms with E-state index in [1.54, 1.807) is 0 Å². The van der Waals surface area contributed by atoms with Gasteiger partial charge in [0, 0.05) is 45.0 Å². The molecule has 0 spiro atoms. The number of carbonyl (C=O) groups is 1. The van der Waals surface area contributed by atoms with E-state index in [9.17, 15) is 9.59 Å². The maximum absolute atomic E-state index is 12.3. The van der Waals surface area contributed by atoms with Crippen LogP contribution in [0.25, 0.3) is 0 Å². The molecule has 1 amide bonds. The molecule has 0 radical (unpaired) electrons. The summed E-state index contributed by atoms with van der Waals surface area (Å²) in [4.78, 5) is 32.1. The minimum atomic E-state index is -0.195. The first kappa shape index (κ1) is 16.4. The van der Waals surface area contributed by atoms with Crippen molar-refractivity contribution in [2.45, 2.75) is 13.0 Å². The first-order valence-corrected chi connectivity index (χ1v) is 8.27. The predicted molar refractivity (Wildman–Crippen MR) is 91.7 cm³/mol. The van der Waals surface area contributed by atoms with Crippen molar-refractivity contribution in [3.05, 3.63) is 64.8 Å². The number of piperazine rings is 1. The highest BCUT2D eigenvalue weighted by molar-refractivity contribution is 5.76. The number of hydrogen-bond acceptors (Lipinski definition) is 4. The van der Waals surface area contributed by atoms with Crippen LogP contribution in [-0.2, 0) is 17.8 Å². The second kappa shape index (κ2) is 7.88. The van der Waals surface area contributed by atoms with Crippen molar-refractivity contribution in [1.29, 1.82) is 0 Å². The summed E-state index contributed by atoms with van der Waals surface area (Å²) in [5.41, 5.74) is 1.15. The van der Waals surface area contributed by atoms with Gasteiger partial charge in [-0.05, 0) is 12.0 Å². The summed E-state index contributed by atoms with van der Waals surface area (Å²) >= 11 is 0. The van der Waals surface area contributed by atoms with Crippen molar-refractivity contribution in [2.24, 2.45) is 0 Å². The summed E-state index contributed by atoms with van der Waals surface area (Å²) < 4.78 is 1.35. The van der Waals surface area contributed by atoms with E-state index in [2.05, 4.69) is 34.1 Å². The molecule has 1 fully saturated rings. The molecule has 3 rings (SSSR count). The SMILES string of the molecule is O=C(Cn1cnccc1=O)N1CCN(CCc2ccccc2)CC1. The fraction of sp³-hybridized carbons (Fsp3) is 0.389. The fourth-order valence-electron chi connectivity index (χ4n) is 2.90. The molecule has 2 heterocycles. The molecule has 0 N–H and O–H groups in total. The van der Waals surface area contributed by atoms with Gasteiger partial charge in [0.05, 0.1) is 6.33 Å². The maximum Gasteiger partial charge on any atom is 0.253 e. The molecule has 0 atom stereocenters. The Bertz CT molecular complexity index is 721. The summed E-state index contributed by atoms with van der Waals surface area (Å²) in [5, 5.41) is 0. The van der Waals surface area contributed by atoms with E-state index in [0.717, 1.165) is 26.1 Å². The molecule has 6 heteroatoms. The van der Waals surface area contributed by atoms with Crippen LogP contribution < -0.4 is 5.56 Å². The molecule has 1 aromatic carbocycles. The number of nitrogens with zero attached hydrogens (tertiary/aromatic N) is 4. The summed E-state index contributed by atoms with van der Waals surface area (Å²) in [6.07, 6.45) is 3.88. The summed E-state index contributed by atoms with van der Waals surface area (Å²) in [7, 11) is 0. The molecule has 0 aliphatic carbocycles. The summed E-state index contributed by atoms with van der Waals surface area (Å²) in [5.74, 6) is -0.0205. The Labute approximate surface area is 141 Å². The Balaban J connectivity index is 1.45. The van der Waals surface area contributed by atoms with E-state index < -0.39 is 0 Å². The van der Waals surface area contributed by atoms with Gasteiger partial charge in [-0.15, -0.1) is 0 Å². The first-order chi connectivity index (χ1) is 11.7. The molecule has 126 valence electrons. The van der Waals surface area contributed by atoms with Gasteiger partial charge in [0.1, 0.15) is 6.54 Å². The van der Waals surface area contributed by atoms with Crippen LogP contribution in [-0.4, -0.2) is 58.0 Å². The van der Waals surface area contributed by atoms with E-state index >= 15 is 0 Å². The average molecular weight is 326 g/mol. The lowest BCUT2D eigenvalue weighted by molar-refractivity contribution is -0.133. The van der Waals surface area contributed by atoms with E-state index in [0.29, 0.717) is 13.1 Å². The van der Waals surface area contributed by atoms with Crippen LogP contribution in [0.1, 0.15) is 5.56 Å². The van der Waals surface area contributed by atoms with Crippen molar-refractivity contribution >= 4 is 5.91 Å². The largest absolute Gasteiger partial charge is 0.339 e. The molecule has 1 saturated heterocycles. The molecule has 1 aromatic heterocycles. The van der Waals surface area contributed by atoms with Crippen LogP contribution in [0.3, 0.4) is 0 Å². The standard InChI is InChI=1S/C18H22N4O2/c23-17-6-8-19-15-22(17)14-18(24)21-12-10-20(11-13-21)9-7-16-4-2-1-3-5-16/h1-6,8,15H,7,9-14H2.